The minimum absolute atomic E-state index is 0. The maximum atomic E-state index is 10.1. The molecule has 0 amide bonds. The minimum atomic E-state index is -1.00. The first-order chi connectivity index (χ1) is 8.11. The van der Waals surface area contributed by atoms with Crippen LogP contribution in [0.5, 0.6) is 0 Å². The van der Waals surface area contributed by atoms with Crippen LogP contribution in [0.2, 0.25) is 0 Å². The highest BCUT2D eigenvalue weighted by atomic mass is 35.5. The fourth-order valence-corrected chi connectivity index (χ4v) is 1.12. The second kappa shape index (κ2) is 8.03. The van der Waals surface area contributed by atoms with Gasteiger partial charge in [0.1, 0.15) is 11.8 Å². The molecular weight excluding hydrogens is 280 g/mol. The fraction of sp³-hybridized carbons (Fsp3) is 0. The summed E-state index contributed by atoms with van der Waals surface area (Å²) in [5.41, 5.74) is 6.70. The number of carbonyl (C=O) groups is 1. The highest BCUT2D eigenvalue weighted by Gasteiger charge is 1.99. The van der Waals surface area contributed by atoms with Gasteiger partial charge in [-0.15, -0.1) is 22.6 Å². The first-order valence-corrected chi connectivity index (χ1v) is 5.08. The van der Waals surface area contributed by atoms with Gasteiger partial charge in [-0.1, -0.05) is 11.3 Å². The zero-order valence-corrected chi connectivity index (χ0v) is 10.5. The molecule has 0 atom stereocenters. The molecule has 2 aromatic heterocycles. The third-order valence-electron chi connectivity index (χ3n) is 1.40. The predicted octanol–water partition coefficient (Wildman–Crippen LogP) is 0.419. The number of hydrogen-bond acceptors (Lipinski definition) is 7. The molecule has 0 aliphatic carbocycles. The lowest BCUT2D eigenvalue weighted by molar-refractivity contribution is 0.0696. The molecule has 10 heteroatoms. The van der Waals surface area contributed by atoms with E-state index in [0.717, 1.165) is 0 Å². The van der Waals surface area contributed by atoms with Crippen molar-refractivity contribution < 1.29 is 9.90 Å². The van der Waals surface area contributed by atoms with Gasteiger partial charge in [-0.2, -0.15) is 0 Å². The second-order valence-electron chi connectivity index (χ2n) is 2.59. The summed E-state index contributed by atoms with van der Waals surface area (Å²) in [6.07, 6.45) is 3.77. The van der Waals surface area contributed by atoms with Crippen LogP contribution in [0, 0.1) is 5.41 Å². The monoisotopic (exact) mass is 288 g/mol. The summed E-state index contributed by atoms with van der Waals surface area (Å²) in [7, 11) is 0. The first-order valence-electron chi connectivity index (χ1n) is 4.20. The largest absolute Gasteiger partial charge is 0.478 e. The topological polar surface area (TPSA) is 139 Å². The van der Waals surface area contributed by atoms with Gasteiger partial charge in [0.2, 0.25) is 0 Å². The lowest BCUT2D eigenvalue weighted by Crippen LogP contribution is -2.10. The summed E-state index contributed by atoms with van der Waals surface area (Å²) in [6.45, 7) is 0. The van der Waals surface area contributed by atoms with Crippen LogP contribution in [0.3, 0.4) is 0 Å². The summed E-state index contributed by atoms with van der Waals surface area (Å²) in [6, 6.07) is 0. The van der Waals surface area contributed by atoms with Crippen LogP contribution < -0.4 is 5.73 Å². The summed E-state index contributed by atoms with van der Waals surface area (Å²) < 4.78 is 0. The van der Waals surface area contributed by atoms with E-state index in [2.05, 4.69) is 20.2 Å². The molecule has 2 aromatic rings. The molecule has 2 heterocycles. The maximum Gasteiger partial charge on any atom is 0.338 e. The van der Waals surface area contributed by atoms with Crippen molar-refractivity contribution in [1.29, 1.82) is 5.41 Å². The summed E-state index contributed by atoms with van der Waals surface area (Å²) in [4.78, 5) is 17.1. The van der Waals surface area contributed by atoms with E-state index in [1.165, 1.54) is 35.6 Å². The van der Waals surface area contributed by atoms with Gasteiger partial charge < -0.3 is 10.8 Å². The molecule has 0 spiro atoms. The number of nitrogens with zero attached hydrogens (tertiary/aromatic N) is 4. The number of aromatic nitrogens is 4. The smallest absolute Gasteiger partial charge is 0.338 e. The van der Waals surface area contributed by atoms with Gasteiger partial charge >= 0.3 is 5.97 Å². The SMILES string of the molecule is Cl.N=C(N)c1nncs1.O=C(O)c1cncnc1. The van der Waals surface area contributed by atoms with Gasteiger partial charge in [0.25, 0.3) is 0 Å². The minimum Gasteiger partial charge on any atom is -0.478 e. The number of rotatable bonds is 2. The molecule has 0 saturated carbocycles. The molecule has 4 N–H and O–H groups in total. The molecule has 0 unspecified atom stereocenters. The number of halogens is 1. The van der Waals surface area contributed by atoms with E-state index in [0.29, 0.717) is 5.01 Å². The zero-order valence-electron chi connectivity index (χ0n) is 8.85. The molecule has 0 aliphatic rings. The van der Waals surface area contributed by atoms with Gasteiger partial charge in [-0.3, -0.25) is 5.41 Å². The number of amidine groups is 1. The molecule has 96 valence electrons. The number of carboxylic acid groups (broad SMARTS) is 1. The summed E-state index contributed by atoms with van der Waals surface area (Å²) in [5.74, 6) is -1.02. The van der Waals surface area contributed by atoms with Crippen LogP contribution in [0.15, 0.2) is 24.2 Å². The van der Waals surface area contributed by atoms with Crippen LogP contribution in [-0.2, 0) is 0 Å². The highest BCUT2D eigenvalue weighted by molar-refractivity contribution is 7.11. The number of aromatic carboxylic acids is 1. The Kier molecular flexibility index (Phi) is 7.08. The molecule has 0 aromatic carbocycles. The molecule has 18 heavy (non-hydrogen) atoms. The molecule has 0 saturated heterocycles. The van der Waals surface area contributed by atoms with Crippen LogP contribution >= 0.6 is 23.7 Å². The molecule has 0 bridgehead atoms. The Labute approximate surface area is 112 Å². The standard InChI is InChI=1S/C5H4N2O2.C3H4N4S.ClH/c8-5(9)4-1-6-3-7-2-4;4-2(5)3-7-6-1-8-3;/h1-3H,(H,8,9);1H,(H3,4,5);1H. The maximum absolute atomic E-state index is 10.1. The van der Waals surface area contributed by atoms with Crippen molar-refractivity contribution in [2.75, 3.05) is 0 Å². The molecule has 8 nitrogen and oxygen atoms in total. The Hall–Kier alpha value is -2.13. The summed E-state index contributed by atoms with van der Waals surface area (Å²) >= 11 is 1.26. The number of nitrogen functional groups attached to an aromatic ring is 1. The van der Waals surface area contributed by atoms with Gasteiger partial charge in [-0.05, 0) is 0 Å². The number of carboxylic acids is 1. The Morgan fingerprint density at radius 2 is 2.00 bits per heavy atom. The van der Waals surface area contributed by atoms with Crippen LogP contribution in [0.4, 0.5) is 0 Å². The Bertz CT molecular complexity index is 492. The van der Waals surface area contributed by atoms with Crippen molar-refractivity contribution in [2.45, 2.75) is 0 Å². The van der Waals surface area contributed by atoms with E-state index in [1.807, 2.05) is 0 Å². The fourth-order valence-electron chi connectivity index (χ4n) is 0.700. The van der Waals surface area contributed by atoms with E-state index in [9.17, 15) is 4.79 Å². The molecule has 0 fully saturated rings. The Balaban J connectivity index is 0.000000306. The van der Waals surface area contributed by atoms with E-state index >= 15 is 0 Å². The van der Waals surface area contributed by atoms with E-state index in [1.54, 1.807) is 0 Å². The molecule has 2 rings (SSSR count). The first kappa shape index (κ1) is 15.9. The van der Waals surface area contributed by atoms with Gasteiger partial charge in [0.15, 0.2) is 10.8 Å². The summed E-state index contributed by atoms with van der Waals surface area (Å²) in [5, 5.41) is 22.6. The highest BCUT2D eigenvalue weighted by Crippen LogP contribution is 1.97. The zero-order chi connectivity index (χ0) is 12.7. The van der Waals surface area contributed by atoms with Crippen molar-refractivity contribution in [1.82, 2.24) is 20.2 Å². The quantitative estimate of drug-likeness (QED) is 0.537. The van der Waals surface area contributed by atoms with E-state index < -0.39 is 5.97 Å². The van der Waals surface area contributed by atoms with E-state index in [4.69, 9.17) is 16.2 Å². The van der Waals surface area contributed by atoms with Crippen LogP contribution in [0.1, 0.15) is 15.4 Å². The van der Waals surface area contributed by atoms with Crippen molar-refractivity contribution in [3.05, 3.63) is 34.8 Å². The Morgan fingerprint density at radius 1 is 1.39 bits per heavy atom. The average molecular weight is 289 g/mol. The normalized spacial score (nSPS) is 8.44. The van der Waals surface area contributed by atoms with Crippen LogP contribution in [0.25, 0.3) is 0 Å². The second-order valence-corrected chi connectivity index (χ2v) is 3.42. The lowest BCUT2D eigenvalue weighted by atomic mass is 10.4. The molecular formula is C8H9ClN6O2S. The van der Waals surface area contributed by atoms with Crippen molar-refractivity contribution in [3.8, 4) is 0 Å². The number of nitrogens with one attached hydrogen (secondary N) is 1. The van der Waals surface area contributed by atoms with Gasteiger partial charge in [-0.25, -0.2) is 14.8 Å². The number of nitrogens with two attached hydrogens (primary N) is 1. The van der Waals surface area contributed by atoms with Gasteiger partial charge in [0.05, 0.1) is 5.56 Å². The average Bonchev–Trinajstić information content (AvgIpc) is 2.84. The van der Waals surface area contributed by atoms with Crippen molar-refractivity contribution in [2.24, 2.45) is 5.73 Å². The molecule has 0 radical (unpaired) electrons. The third-order valence-corrected chi connectivity index (χ3v) is 2.12. The van der Waals surface area contributed by atoms with Crippen molar-refractivity contribution >= 4 is 35.5 Å². The molecule has 0 aliphatic heterocycles. The lowest BCUT2D eigenvalue weighted by Gasteiger charge is -1.86. The predicted molar refractivity (Wildman–Crippen MR) is 67.2 cm³/mol. The Morgan fingerprint density at radius 3 is 2.28 bits per heavy atom. The third kappa shape index (κ3) is 5.27. The van der Waals surface area contributed by atoms with Crippen LogP contribution in [-0.4, -0.2) is 37.1 Å². The van der Waals surface area contributed by atoms with Gasteiger partial charge in [0, 0.05) is 12.4 Å². The van der Waals surface area contributed by atoms with E-state index in [-0.39, 0.29) is 23.8 Å². The van der Waals surface area contributed by atoms with Crippen molar-refractivity contribution in [3.63, 3.8) is 0 Å². The number of hydrogen-bond donors (Lipinski definition) is 3.